The maximum atomic E-state index is 12.8. The number of aromatic nitrogens is 1. The first-order valence-corrected chi connectivity index (χ1v) is 7.68. The molecule has 0 spiro atoms. The number of alkyl halides is 3. The van der Waals surface area contributed by atoms with Crippen molar-refractivity contribution in [3.63, 3.8) is 0 Å². The molecule has 0 atom stereocenters. The van der Waals surface area contributed by atoms with Crippen LogP contribution in [0, 0.1) is 10.1 Å². The smallest absolute Gasteiger partial charge is 0.416 e. The van der Waals surface area contributed by atoms with Crippen LogP contribution < -0.4 is 4.74 Å². The molecule has 1 fully saturated rings. The summed E-state index contributed by atoms with van der Waals surface area (Å²) >= 11 is 0. The molecule has 0 aliphatic heterocycles. The van der Waals surface area contributed by atoms with Crippen LogP contribution >= 0.6 is 0 Å². The molecule has 26 heavy (non-hydrogen) atoms. The van der Waals surface area contributed by atoms with Crippen molar-refractivity contribution in [1.29, 1.82) is 0 Å². The molecule has 1 aliphatic carbocycles. The third kappa shape index (κ3) is 3.68. The molecular formula is C16H13F3N2O5. The third-order valence-corrected chi connectivity index (χ3v) is 3.90. The highest BCUT2D eigenvalue weighted by Gasteiger charge is 2.36. The number of ether oxygens (including phenoxy) is 1. The molecule has 1 saturated carbocycles. The van der Waals surface area contributed by atoms with Crippen molar-refractivity contribution in [2.24, 2.45) is 0 Å². The number of nitro groups is 1. The Morgan fingerprint density at radius 2 is 2.12 bits per heavy atom. The lowest BCUT2D eigenvalue weighted by Gasteiger charge is -2.09. The van der Waals surface area contributed by atoms with Crippen molar-refractivity contribution < 1.29 is 32.1 Å². The molecular weight excluding hydrogens is 357 g/mol. The Morgan fingerprint density at radius 3 is 2.65 bits per heavy atom. The van der Waals surface area contributed by atoms with E-state index in [4.69, 9.17) is 9.26 Å². The van der Waals surface area contributed by atoms with Gasteiger partial charge in [-0.1, -0.05) is 11.2 Å². The molecule has 1 heterocycles. The maximum absolute atomic E-state index is 12.8. The lowest BCUT2D eigenvalue weighted by Crippen LogP contribution is -2.08. The van der Waals surface area contributed by atoms with Crippen molar-refractivity contribution in [2.75, 3.05) is 0 Å². The molecule has 1 aromatic heterocycles. The van der Waals surface area contributed by atoms with Gasteiger partial charge in [-0.15, -0.1) is 0 Å². The summed E-state index contributed by atoms with van der Waals surface area (Å²) in [5.74, 6) is -0.0783. The minimum absolute atomic E-state index is 0.00653. The number of nitrogens with zero attached hydrogens (tertiary/aromatic N) is 2. The fourth-order valence-corrected chi connectivity index (χ4v) is 2.54. The summed E-state index contributed by atoms with van der Waals surface area (Å²) < 4.78 is 48.7. The van der Waals surface area contributed by atoms with E-state index in [1.165, 1.54) is 6.92 Å². The standard InChI is InChI=1S/C16H13F3N2O5/c1-8(22)25-15-12(20-26-14(15)9-2-3-9)6-10-4-5-11(16(17,18)19)7-13(10)21(23)24/h4-5,7,9H,2-3,6H2,1H3. The van der Waals surface area contributed by atoms with Crippen LogP contribution in [0.25, 0.3) is 0 Å². The Morgan fingerprint density at radius 1 is 1.42 bits per heavy atom. The zero-order valence-corrected chi connectivity index (χ0v) is 13.5. The fraction of sp³-hybridized carbons (Fsp3) is 0.375. The van der Waals surface area contributed by atoms with Gasteiger partial charge in [-0.2, -0.15) is 13.2 Å². The van der Waals surface area contributed by atoms with Gasteiger partial charge in [0.2, 0.25) is 0 Å². The minimum atomic E-state index is -4.70. The maximum Gasteiger partial charge on any atom is 0.416 e. The lowest BCUT2D eigenvalue weighted by atomic mass is 10.0. The van der Waals surface area contributed by atoms with Crippen LogP contribution in [0.15, 0.2) is 22.7 Å². The van der Waals surface area contributed by atoms with E-state index in [2.05, 4.69) is 5.16 Å². The Bertz CT molecular complexity index is 871. The number of halogens is 3. The number of benzene rings is 1. The number of hydrogen-bond donors (Lipinski definition) is 0. The second-order valence-electron chi connectivity index (χ2n) is 5.97. The molecule has 138 valence electrons. The Balaban J connectivity index is 1.98. The molecule has 0 N–H and O–H groups in total. The molecule has 0 unspecified atom stereocenters. The van der Waals surface area contributed by atoms with Crippen LogP contribution in [0.1, 0.15) is 48.3 Å². The van der Waals surface area contributed by atoms with Crippen LogP contribution in [0.5, 0.6) is 5.75 Å². The van der Waals surface area contributed by atoms with Crippen LogP contribution in [0.4, 0.5) is 18.9 Å². The Hall–Kier alpha value is -2.91. The van der Waals surface area contributed by atoms with E-state index in [-0.39, 0.29) is 29.3 Å². The highest BCUT2D eigenvalue weighted by atomic mass is 19.4. The van der Waals surface area contributed by atoms with Gasteiger partial charge < -0.3 is 9.26 Å². The van der Waals surface area contributed by atoms with Gasteiger partial charge >= 0.3 is 12.1 Å². The highest BCUT2D eigenvalue weighted by Crippen LogP contribution is 2.46. The predicted octanol–water partition coefficient (Wildman–Crippen LogP) is 4.00. The first-order chi connectivity index (χ1) is 12.2. The molecule has 0 bridgehead atoms. The molecule has 0 radical (unpaired) electrons. The van der Waals surface area contributed by atoms with Crippen molar-refractivity contribution in [2.45, 2.75) is 38.3 Å². The van der Waals surface area contributed by atoms with Gasteiger partial charge in [0.15, 0.2) is 11.5 Å². The first-order valence-electron chi connectivity index (χ1n) is 7.68. The summed E-state index contributed by atoms with van der Waals surface area (Å²) in [6.45, 7) is 1.19. The normalized spacial score (nSPS) is 14.3. The van der Waals surface area contributed by atoms with Crippen molar-refractivity contribution in [1.82, 2.24) is 5.16 Å². The van der Waals surface area contributed by atoms with Crippen LogP contribution in [-0.2, 0) is 17.4 Å². The van der Waals surface area contributed by atoms with Gasteiger partial charge in [-0.3, -0.25) is 14.9 Å². The van der Waals surface area contributed by atoms with E-state index >= 15 is 0 Å². The summed E-state index contributed by atoms with van der Waals surface area (Å²) in [6.07, 6.45) is -3.22. The van der Waals surface area contributed by atoms with E-state index in [0.717, 1.165) is 25.0 Å². The molecule has 1 aliphatic rings. The zero-order valence-electron chi connectivity index (χ0n) is 13.5. The monoisotopic (exact) mass is 370 g/mol. The lowest BCUT2D eigenvalue weighted by molar-refractivity contribution is -0.385. The molecule has 0 saturated heterocycles. The van der Waals surface area contributed by atoms with Crippen molar-refractivity contribution in [3.8, 4) is 5.75 Å². The van der Waals surface area contributed by atoms with Crippen LogP contribution in [-0.4, -0.2) is 16.0 Å². The summed E-state index contributed by atoms with van der Waals surface area (Å²) in [4.78, 5) is 21.6. The number of nitro benzene ring substituents is 1. The van der Waals surface area contributed by atoms with Crippen LogP contribution in [0.3, 0.4) is 0 Å². The summed E-state index contributed by atoms with van der Waals surface area (Å²) in [5, 5.41) is 15.0. The molecule has 1 aromatic carbocycles. The van der Waals surface area contributed by atoms with E-state index in [1.807, 2.05) is 0 Å². The quantitative estimate of drug-likeness (QED) is 0.449. The topological polar surface area (TPSA) is 95.5 Å². The minimum Gasteiger partial charge on any atom is -0.421 e. The van der Waals surface area contributed by atoms with Gasteiger partial charge in [0.25, 0.3) is 5.69 Å². The van der Waals surface area contributed by atoms with Gasteiger partial charge in [0.05, 0.1) is 10.5 Å². The fourth-order valence-electron chi connectivity index (χ4n) is 2.54. The largest absolute Gasteiger partial charge is 0.421 e. The molecule has 7 nitrogen and oxygen atoms in total. The Kier molecular flexibility index (Phi) is 4.43. The van der Waals surface area contributed by atoms with E-state index in [9.17, 15) is 28.1 Å². The predicted molar refractivity (Wildman–Crippen MR) is 80.7 cm³/mol. The summed E-state index contributed by atoms with van der Waals surface area (Å²) in [7, 11) is 0. The third-order valence-electron chi connectivity index (χ3n) is 3.90. The summed E-state index contributed by atoms with van der Waals surface area (Å²) in [5.41, 5.74) is -1.67. The van der Waals surface area contributed by atoms with Gasteiger partial charge in [0, 0.05) is 30.9 Å². The number of esters is 1. The second kappa shape index (κ2) is 6.43. The van der Waals surface area contributed by atoms with Crippen molar-refractivity contribution >= 4 is 11.7 Å². The number of hydrogen-bond acceptors (Lipinski definition) is 6. The molecule has 0 amide bonds. The van der Waals surface area contributed by atoms with E-state index in [0.29, 0.717) is 11.8 Å². The second-order valence-corrected chi connectivity index (χ2v) is 5.97. The first kappa shape index (κ1) is 17.9. The van der Waals surface area contributed by atoms with Crippen LogP contribution in [0.2, 0.25) is 0 Å². The average Bonchev–Trinajstić information content (AvgIpc) is 3.30. The van der Waals surface area contributed by atoms with Gasteiger partial charge in [0.1, 0.15) is 5.69 Å². The highest BCUT2D eigenvalue weighted by molar-refractivity contribution is 5.70. The number of rotatable bonds is 5. The number of carbonyl (C=O) groups is 1. The van der Waals surface area contributed by atoms with Gasteiger partial charge in [-0.05, 0) is 18.9 Å². The number of carbonyl (C=O) groups excluding carboxylic acids is 1. The van der Waals surface area contributed by atoms with E-state index < -0.39 is 28.3 Å². The summed E-state index contributed by atoms with van der Waals surface area (Å²) in [6, 6.07) is 2.25. The zero-order chi connectivity index (χ0) is 19.1. The van der Waals surface area contributed by atoms with E-state index in [1.54, 1.807) is 0 Å². The SMILES string of the molecule is CC(=O)Oc1c(Cc2ccc(C(F)(F)F)cc2[N+](=O)[O-])noc1C1CC1. The Labute approximate surface area is 144 Å². The molecule has 10 heteroatoms. The average molecular weight is 370 g/mol. The van der Waals surface area contributed by atoms with Crippen molar-refractivity contribution in [3.05, 3.63) is 50.9 Å². The molecule has 2 aromatic rings. The van der Waals surface area contributed by atoms with Gasteiger partial charge in [-0.25, -0.2) is 0 Å². The molecule has 3 rings (SSSR count).